The molecule has 3 rings (SSSR count). The summed E-state index contributed by atoms with van der Waals surface area (Å²) in [5, 5.41) is 0. The van der Waals surface area contributed by atoms with Gasteiger partial charge < -0.3 is 5.73 Å². The maximum absolute atomic E-state index is 11.7. The van der Waals surface area contributed by atoms with E-state index in [9.17, 15) is 4.79 Å². The fourth-order valence-electron chi connectivity index (χ4n) is 2.20. The lowest BCUT2D eigenvalue weighted by Crippen LogP contribution is -2.16. The first-order valence-corrected chi connectivity index (χ1v) is 6.79. The molecule has 0 unspecified atom stereocenters. The first-order valence-electron chi connectivity index (χ1n) is 6.79. The van der Waals surface area contributed by atoms with E-state index in [4.69, 9.17) is 5.73 Å². The quantitative estimate of drug-likeness (QED) is 0.804. The number of primary amides is 1. The molecule has 108 valence electrons. The molecule has 1 aromatic carbocycles. The minimum absolute atomic E-state index is 0.158. The molecular formula is C17H14N4O. The van der Waals surface area contributed by atoms with E-state index in [1.807, 2.05) is 43.3 Å². The van der Waals surface area contributed by atoms with Gasteiger partial charge in [-0.1, -0.05) is 30.3 Å². The molecule has 0 aliphatic rings. The van der Waals surface area contributed by atoms with Gasteiger partial charge in [-0.15, -0.1) is 0 Å². The van der Waals surface area contributed by atoms with E-state index in [0.717, 1.165) is 16.7 Å². The van der Waals surface area contributed by atoms with Crippen molar-refractivity contribution in [3.63, 3.8) is 0 Å². The summed E-state index contributed by atoms with van der Waals surface area (Å²) in [6.45, 7) is 1.94. The highest BCUT2D eigenvalue weighted by Crippen LogP contribution is 2.23. The topological polar surface area (TPSA) is 81.8 Å². The number of hydrogen-bond donors (Lipinski definition) is 1. The fraction of sp³-hybridized carbons (Fsp3) is 0.0588. The van der Waals surface area contributed by atoms with E-state index in [2.05, 4.69) is 15.0 Å². The standard InChI is InChI=1S/C17H14N4O/c1-11-7-13(9-19-8-11)14-10-20-15(16(21-14)17(18)22)12-5-3-2-4-6-12/h2-10H,1H3,(H2,18,22). The van der Waals surface area contributed by atoms with Crippen LogP contribution in [0.15, 0.2) is 55.0 Å². The van der Waals surface area contributed by atoms with Gasteiger partial charge in [0, 0.05) is 23.5 Å². The third-order valence-corrected chi connectivity index (χ3v) is 3.22. The average Bonchev–Trinajstić information content (AvgIpc) is 2.55. The lowest BCUT2D eigenvalue weighted by atomic mass is 10.1. The monoisotopic (exact) mass is 290 g/mol. The van der Waals surface area contributed by atoms with E-state index in [1.165, 1.54) is 0 Å². The van der Waals surface area contributed by atoms with Crippen molar-refractivity contribution in [3.8, 4) is 22.5 Å². The van der Waals surface area contributed by atoms with Crippen LogP contribution >= 0.6 is 0 Å². The minimum atomic E-state index is -0.603. The Morgan fingerprint density at radius 2 is 1.82 bits per heavy atom. The molecule has 3 aromatic rings. The van der Waals surface area contributed by atoms with Crippen molar-refractivity contribution in [1.82, 2.24) is 15.0 Å². The maximum Gasteiger partial charge on any atom is 0.269 e. The summed E-state index contributed by atoms with van der Waals surface area (Å²) in [4.78, 5) is 24.6. The molecule has 0 fully saturated rings. The molecule has 0 bridgehead atoms. The zero-order valence-corrected chi connectivity index (χ0v) is 12.0. The second-order valence-corrected chi connectivity index (χ2v) is 4.93. The van der Waals surface area contributed by atoms with Crippen molar-refractivity contribution < 1.29 is 4.79 Å². The first-order chi connectivity index (χ1) is 10.6. The van der Waals surface area contributed by atoms with Crippen LogP contribution in [0.4, 0.5) is 0 Å². The predicted molar refractivity (Wildman–Crippen MR) is 84.0 cm³/mol. The van der Waals surface area contributed by atoms with Crippen molar-refractivity contribution >= 4 is 5.91 Å². The van der Waals surface area contributed by atoms with E-state index in [1.54, 1.807) is 18.6 Å². The van der Waals surface area contributed by atoms with Gasteiger partial charge in [0.2, 0.25) is 0 Å². The minimum Gasteiger partial charge on any atom is -0.364 e. The highest BCUT2D eigenvalue weighted by molar-refractivity contribution is 5.97. The molecule has 5 heteroatoms. The van der Waals surface area contributed by atoms with Gasteiger partial charge in [-0.2, -0.15) is 0 Å². The molecular weight excluding hydrogens is 276 g/mol. The van der Waals surface area contributed by atoms with Gasteiger partial charge in [0.05, 0.1) is 11.9 Å². The van der Waals surface area contributed by atoms with Crippen LogP contribution in [0.25, 0.3) is 22.5 Å². The van der Waals surface area contributed by atoms with Gasteiger partial charge in [-0.3, -0.25) is 14.8 Å². The third kappa shape index (κ3) is 2.69. The summed E-state index contributed by atoms with van der Waals surface area (Å²) in [5.74, 6) is -0.603. The zero-order valence-electron chi connectivity index (χ0n) is 12.0. The number of aryl methyl sites for hydroxylation is 1. The van der Waals surface area contributed by atoms with Crippen LogP contribution in [0.5, 0.6) is 0 Å². The van der Waals surface area contributed by atoms with E-state index in [0.29, 0.717) is 11.4 Å². The largest absolute Gasteiger partial charge is 0.364 e. The number of nitrogens with two attached hydrogens (primary N) is 1. The van der Waals surface area contributed by atoms with Crippen LogP contribution in [-0.4, -0.2) is 20.9 Å². The summed E-state index contributed by atoms with van der Waals surface area (Å²) >= 11 is 0. The number of rotatable bonds is 3. The molecule has 22 heavy (non-hydrogen) atoms. The molecule has 0 radical (unpaired) electrons. The second-order valence-electron chi connectivity index (χ2n) is 4.93. The Bertz CT molecular complexity index is 831. The van der Waals surface area contributed by atoms with Crippen molar-refractivity contribution in [3.05, 3.63) is 66.2 Å². The molecule has 5 nitrogen and oxygen atoms in total. The second kappa shape index (κ2) is 5.73. The lowest BCUT2D eigenvalue weighted by Gasteiger charge is -2.08. The molecule has 2 aromatic heterocycles. The lowest BCUT2D eigenvalue weighted by molar-refractivity contribution is 0.0996. The smallest absolute Gasteiger partial charge is 0.269 e. The van der Waals surface area contributed by atoms with Crippen LogP contribution in [0, 0.1) is 6.92 Å². The summed E-state index contributed by atoms with van der Waals surface area (Å²) in [6.07, 6.45) is 5.07. The molecule has 0 aliphatic heterocycles. The van der Waals surface area contributed by atoms with Gasteiger partial charge in [0.15, 0.2) is 5.69 Å². The number of carbonyl (C=O) groups excluding carboxylic acids is 1. The van der Waals surface area contributed by atoms with Gasteiger partial charge in [-0.05, 0) is 18.6 Å². The number of benzene rings is 1. The van der Waals surface area contributed by atoms with Gasteiger partial charge >= 0.3 is 0 Å². The number of nitrogens with zero attached hydrogens (tertiary/aromatic N) is 3. The van der Waals surface area contributed by atoms with Crippen LogP contribution in [0.3, 0.4) is 0 Å². The molecule has 0 saturated heterocycles. The Morgan fingerprint density at radius 1 is 1.05 bits per heavy atom. The normalized spacial score (nSPS) is 10.4. The molecule has 0 spiro atoms. The van der Waals surface area contributed by atoms with Gasteiger partial charge in [0.25, 0.3) is 5.91 Å². The fourth-order valence-corrected chi connectivity index (χ4v) is 2.20. The Labute approximate surface area is 127 Å². The molecule has 0 atom stereocenters. The Morgan fingerprint density at radius 3 is 2.50 bits per heavy atom. The maximum atomic E-state index is 11.7. The summed E-state index contributed by atoms with van der Waals surface area (Å²) < 4.78 is 0. The summed E-state index contributed by atoms with van der Waals surface area (Å²) in [5.41, 5.74) is 9.30. The van der Waals surface area contributed by atoms with Crippen LogP contribution < -0.4 is 5.73 Å². The van der Waals surface area contributed by atoms with Crippen molar-refractivity contribution in [2.45, 2.75) is 6.92 Å². The van der Waals surface area contributed by atoms with Gasteiger partial charge in [0.1, 0.15) is 5.69 Å². The predicted octanol–water partition coefficient (Wildman–Crippen LogP) is 2.61. The molecule has 2 heterocycles. The summed E-state index contributed by atoms with van der Waals surface area (Å²) in [6, 6.07) is 11.3. The molecule has 0 aliphatic carbocycles. The Balaban J connectivity index is 2.14. The Kier molecular flexibility index (Phi) is 3.62. The van der Waals surface area contributed by atoms with Crippen LogP contribution in [0.2, 0.25) is 0 Å². The number of carbonyl (C=O) groups is 1. The number of amides is 1. The first kappa shape index (κ1) is 13.9. The van der Waals surface area contributed by atoms with E-state index >= 15 is 0 Å². The molecule has 2 N–H and O–H groups in total. The highest BCUT2D eigenvalue weighted by atomic mass is 16.1. The number of pyridine rings is 1. The summed E-state index contributed by atoms with van der Waals surface area (Å²) in [7, 11) is 0. The van der Waals surface area contributed by atoms with Crippen LogP contribution in [-0.2, 0) is 0 Å². The van der Waals surface area contributed by atoms with Crippen LogP contribution in [0.1, 0.15) is 16.1 Å². The SMILES string of the molecule is Cc1cncc(-c2cnc(-c3ccccc3)c(C(N)=O)n2)c1. The van der Waals surface area contributed by atoms with Crippen molar-refractivity contribution in [1.29, 1.82) is 0 Å². The highest BCUT2D eigenvalue weighted by Gasteiger charge is 2.15. The van der Waals surface area contributed by atoms with Gasteiger partial charge in [-0.25, -0.2) is 4.98 Å². The third-order valence-electron chi connectivity index (χ3n) is 3.22. The average molecular weight is 290 g/mol. The molecule has 1 amide bonds. The molecule has 0 saturated carbocycles. The number of hydrogen-bond acceptors (Lipinski definition) is 4. The number of aromatic nitrogens is 3. The van der Waals surface area contributed by atoms with E-state index < -0.39 is 5.91 Å². The Hall–Kier alpha value is -3.08. The van der Waals surface area contributed by atoms with E-state index in [-0.39, 0.29) is 5.69 Å². The van der Waals surface area contributed by atoms with Crippen molar-refractivity contribution in [2.75, 3.05) is 0 Å². The van der Waals surface area contributed by atoms with Crippen molar-refractivity contribution in [2.24, 2.45) is 5.73 Å². The zero-order chi connectivity index (χ0) is 15.5.